The standard InChI is InChI=1S/C28H28ClN3O2.C15H21NO3.C14H11ClN2.C14H19NO3.C9H9FO2.C6H13NO.Na.H2O/c1-17-12-22(32-15-18(2)34-19(3)16-32)9-10-23(17)28(33)30-21-8-11-25(29)24(14-21)27-13-20-6-4-5-7-26(20)31-27;1-10-7-13(5-6-14(10)15(17)18-4)16-8-11(2)19-12(3)9-16;15-12-6-5-10(16)8-11(12)14-7-9-3-1-2-4-13(9)17-14;1-9-6-12(4-5-13(9)14(16)17)15-7-10(2)18-11(3)8-15;1-6-5-7(10)3-4-8(6)9(11)12-2;1-5-3-7-4-6(2)8-5;;/h4-12,14,18-19H,13,15-16H2,1-3H3,(H,30,33);5-7,11-12H,8-9H2,1-4H3;1-6,8H,7,16H2;4-6,10-11H,7-8H2,1-3H3,(H,16,17);3-5H,1-2H3;5-7H,3-4H2,1-2H3;;1H2/q;;;;;;+1;/p-1/t18-,19+;11-,12+;;10-,11+;;5-,6+;;. The van der Waals surface area contributed by atoms with Crippen molar-refractivity contribution in [1.29, 1.82) is 0 Å². The van der Waals surface area contributed by atoms with Crippen LogP contribution >= 0.6 is 23.2 Å². The van der Waals surface area contributed by atoms with Crippen molar-refractivity contribution >= 4 is 98.3 Å². The number of fused-ring (bicyclic) bond motifs is 2. The molecule has 0 unspecified atom stereocenters. The minimum absolute atomic E-state index is 0. The minimum Gasteiger partial charge on any atom is -0.870 e. The van der Waals surface area contributed by atoms with Gasteiger partial charge in [-0.25, -0.2) is 18.8 Å². The summed E-state index contributed by atoms with van der Waals surface area (Å²) in [6.45, 7) is 31.2. The molecule has 0 saturated carbocycles. The SMILES string of the molecule is COC(=O)c1ccc(F)cc1C.COC(=O)c1ccc(N2C[C@@H](C)O[C@@H](C)C2)cc1C.C[C@@H]1CNC[C@H](C)O1.Cc1cc(N2C[C@@H](C)O[C@@H](C)C2)ccc1C(=O)Nc1ccc(Cl)c(C2=Nc3ccccc3C2)c1.Cc1cc(N2C[C@@H](C)O[C@@H](C)C2)ccc1C(=O)O.Nc1ccc(Cl)c(C2=Nc3ccccc3C2)c1.[Na+].[OH-]. The van der Waals surface area contributed by atoms with Crippen LogP contribution in [0.1, 0.15) is 141 Å². The molecule has 0 spiro atoms. The molecule has 580 valence electrons. The van der Waals surface area contributed by atoms with Crippen LogP contribution in [0.4, 0.5) is 44.2 Å². The second kappa shape index (κ2) is 41.6. The van der Waals surface area contributed by atoms with Gasteiger partial charge in [-0.05, 0) is 238 Å². The van der Waals surface area contributed by atoms with E-state index < -0.39 is 11.9 Å². The number of para-hydroxylation sites is 2. The van der Waals surface area contributed by atoms with Crippen LogP contribution in [0.3, 0.4) is 0 Å². The number of methoxy groups -OCH3 is 2. The molecule has 4 saturated heterocycles. The second-order valence-corrected chi connectivity index (χ2v) is 29.1. The Labute approximate surface area is 678 Å². The van der Waals surface area contributed by atoms with Crippen molar-refractivity contribution in [2.45, 2.75) is 145 Å². The van der Waals surface area contributed by atoms with Crippen molar-refractivity contribution in [2.24, 2.45) is 9.98 Å². The summed E-state index contributed by atoms with van der Waals surface area (Å²) in [5, 5.41) is 16.6. The number of carboxylic acids is 1. The smallest absolute Gasteiger partial charge is 0.870 e. The van der Waals surface area contributed by atoms with Crippen LogP contribution in [0, 0.1) is 33.5 Å². The summed E-state index contributed by atoms with van der Waals surface area (Å²) in [6, 6.07) is 48.5. The van der Waals surface area contributed by atoms with E-state index in [4.69, 9.17) is 62.7 Å². The first-order valence-corrected chi connectivity index (χ1v) is 37.3. The molecule has 20 nitrogen and oxygen atoms in total. The number of hydrogen-bond donors (Lipinski definition) is 4. The van der Waals surface area contributed by atoms with E-state index in [1.165, 1.54) is 43.5 Å². The predicted octanol–water partition coefficient (Wildman–Crippen LogP) is 13.6. The number of aromatic carboxylic acids is 1. The summed E-state index contributed by atoms with van der Waals surface area (Å²) in [7, 11) is 2.70. The summed E-state index contributed by atoms with van der Waals surface area (Å²) in [5.74, 6) is -2.08. The molecule has 6 N–H and O–H groups in total. The first-order valence-electron chi connectivity index (χ1n) is 36.6. The Bertz CT molecular complexity index is 4530. The number of nitrogens with two attached hydrogens (primary N) is 1. The number of hydrogen-bond acceptors (Lipinski definition) is 18. The molecule has 0 aromatic heterocycles. The van der Waals surface area contributed by atoms with Crippen LogP contribution in [0.5, 0.6) is 0 Å². The quantitative estimate of drug-likeness (QED) is 0.0564. The van der Waals surface area contributed by atoms with Gasteiger partial charge < -0.3 is 70.1 Å². The van der Waals surface area contributed by atoms with Crippen molar-refractivity contribution in [2.75, 3.05) is 92.3 Å². The van der Waals surface area contributed by atoms with Gasteiger partial charge in [0.05, 0.1) is 103 Å². The third-order valence-electron chi connectivity index (χ3n) is 18.8. The third-order valence-corrected chi connectivity index (χ3v) is 19.5. The second-order valence-electron chi connectivity index (χ2n) is 28.3. The van der Waals surface area contributed by atoms with E-state index in [1.54, 1.807) is 19.1 Å². The fraction of sp³-hybridized carbons (Fsp3) is 0.372. The number of nitrogen functional groups attached to an aromatic ring is 1. The van der Waals surface area contributed by atoms with Crippen LogP contribution in [-0.2, 0) is 41.3 Å². The number of carbonyl (C=O) groups excluding carboxylic acids is 3. The molecule has 1 amide bonds. The Morgan fingerprint density at radius 1 is 0.491 bits per heavy atom. The Hall–Kier alpha value is -8.55. The molecule has 6 heterocycles. The fourth-order valence-electron chi connectivity index (χ4n) is 13.8. The van der Waals surface area contributed by atoms with E-state index in [9.17, 15) is 23.6 Å². The summed E-state index contributed by atoms with van der Waals surface area (Å²) >= 11 is 12.7. The van der Waals surface area contributed by atoms with Crippen molar-refractivity contribution in [3.63, 3.8) is 0 Å². The number of nitrogens with one attached hydrogen (secondary N) is 2. The predicted molar refractivity (Wildman–Crippen MR) is 434 cm³/mol. The number of morpholine rings is 4. The van der Waals surface area contributed by atoms with Gasteiger partial charge in [-0.1, -0.05) is 59.6 Å². The number of carbonyl (C=O) groups is 4. The summed E-state index contributed by atoms with van der Waals surface area (Å²) in [5.41, 5.74) is 23.9. The fourth-order valence-corrected chi connectivity index (χ4v) is 14.3. The van der Waals surface area contributed by atoms with Gasteiger partial charge in [0.25, 0.3) is 5.91 Å². The van der Waals surface area contributed by atoms with Crippen molar-refractivity contribution in [3.05, 3.63) is 240 Å². The van der Waals surface area contributed by atoms with Crippen LogP contribution < -0.4 is 60.6 Å². The number of carboxylic acid groups (broad SMARTS) is 1. The van der Waals surface area contributed by atoms with Gasteiger partial charge in [0.2, 0.25) is 0 Å². The Morgan fingerprint density at radius 2 is 0.855 bits per heavy atom. The first kappa shape index (κ1) is 88.7. The molecule has 14 rings (SSSR count). The van der Waals surface area contributed by atoms with Gasteiger partial charge in [0.1, 0.15) is 5.82 Å². The maximum absolute atomic E-state index is 13.1. The molecule has 6 aliphatic heterocycles. The number of halogens is 3. The number of anilines is 5. The molecule has 0 bridgehead atoms. The molecule has 8 aromatic carbocycles. The monoisotopic (exact) mass is 1550 g/mol. The average Bonchev–Trinajstić information content (AvgIpc) is 1.33. The number of benzene rings is 8. The Morgan fingerprint density at radius 3 is 1.23 bits per heavy atom. The molecule has 0 radical (unpaired) electrons. The Kier molecular flexibility index (Phi) is 33.6. The van der Waals surface area contributed by atoms with E-state index in [-0.39, 0.29) is 89.4 Å². The van der Waals surface area contributed by atoms with Crippen LogP contribution in [0.2, 0.25) is 10.0 Å². The van der Waals surface area contributed by atoms with E-state index in [1.807, 2.05) is 130 Å². The van der Waals surface area contributed by atoms with Gasteiger partial charge in [-0.15, -0.1) is 0 Å². The normalized spacial score (nSPS) is 20.0. The summed E-state index contributed by atoms with van der Waals surface area (Å²) in [6.07, 6.45) is 3.57. The number of amides is 1. The first-order chi connectivity index (χ1) is 51.5. The molecule has 8 aromatic rings. The van der Waals surface area contributed by atoms with Gasteiger partial charge >= 0.3 is 47.5 Å². The van der Waals surface area contributed by atoms with E-state index in [0.29, 0.717) is 61.4 Å². The van der Waals surface area contributed by atoms with Crippen LogP contribution in [0.25, 0.3) is 0 Å². The third kappa shape index (κ3) is 24.7. The molecule has 24 heteroatoms. The van der Waals surface area contributed by atoms with Crippen LogP contribution in [-0.4, -0.2) is 161 Å². The number of aliphatic imine (C=N–C) groups is 2. The van der Waals surface area contributed by atoms with E-state index in [0.717, 1.165) is 133 Å². The number of ether oxygens (including phenoxy) is 6. The zero-order chi connectivity index (χ0) is 78.0. The van der Waals surface area contributed by atoms with Crippen molar-refractivity contribution in [1.82, 2.24) is 5.32 Å². The average molecular weight is 1550 g/mol. The van der Waals surface area contributed by atoms with Crippen LogP contribution in [0.15, 0.2) is 168 Å². The number of aryl methyl sites for hydroxylation is 4. The topological polar surface area (TPSA) is 258 Å². The van der Waals surface area contributed by atoms with E-state index in [2.05, 4.69) is 109 Å². The zero-order valence-electron chi connectivity index (χ0n) is 65.6. The maximum Gasteiger partial charge on any atom is 1.00 e. The van der Waals surface area contributed by atoms with Gasteiger partial charge in [0.15, 0.2) is 0 Å². The number of rotatable bonds is 10. The van der Waals surface area contributed by atoms with Crippen molar-refractivity contribution < 1.29 is 92.1 Å². The molecule has 8 atom stereocenters. The number of esters is 2. The van der Waals surface area contributed by atoms with Gasteiger partial charge in [-0.3, -0.25) is 14.8 Å². The molecule has 0 aliphatic carbocycles. The number of nitrogens with zero attached hydrogens (tertiary/aromatic N) is 5. The molecular weight excluding hydrogens is 1450 g/mol. The molecular formula is C86H102Cl2FN8NaO12. The van der Waals surface area contributed by atoms with Gasteiger partial charge in [0, 0.05) is 120 Å². The molecule has 4 fully saturated rings. The maximum atomic E-state index is 13.1. The molecule has 6 aliphatic rings. The van der Waals surface area contributed by atoms with E-state index >= 15 is 0 Å². The van der Waals surface area contributed by atoms with Gasteiger partial charge in [-0.2, -0.15) is 0 Å². The summed E-state index contributed by atoms with van der Waals surface area (Å²) in [4.78, 5) is 62.9. The zero-order valence-corrected chi connectivity index (χ0v) is 69.1. The largest absolute Gasteiger partial charge is 1.00 e. The summed E-state index contributed by atoms with van der Waals surface area (Å²) < 4.78 is 44.5. The minimum atomic E-state index is -0.872. The Balaban J connectivity index is 0.000000193. The van der Waals surface area contributed by atoms with Crippen molar-refractivity contribution in [3.8, 4) is 0 Å². The molecule has 110 heavy (non-hydrogen) atoms.